The monoisotopic (exact) mass is 385 g/mol. The molecule has 0 saturated carbocycles. The maximum Gasteiger partial charge on any atom is 0.260 e. The maximum atomic E-state index is 12.4. The summed E-state index contributed by atoms with van der Waals surface area (Å²) >= 11 is 5.95. The Balaban J connectivity index is 1.95. The number of amides is 2. The van der Waals surface area contributed by atoms with Gasteiger partial charge in [0.15, 0.2) is 6.61 Å². The molecule has 2 aromatic carbocycles. The number of nitrogens with one attached hydrogen (secondary N) is 1. The predicted octanol–water partition coefficient (Wildman–Crippen LogP) is 3.39. The van der Waals surface area contributed by atoms with E-state index < -0.39 is 0 Å². The van der Waals surface area contributed by atoms with Crippen LogP contribution in [-0.4, -0.2) is 36.4 Å². The van der Waals surface area contributed by atoms with E-state index in [-0.39, 0.29) is 25.0 Å². The third-order valence-corrected chi connectivity index (χ3v) is 4.14. The van der Waals surface area contributed by atoms with E-state index in [1.807, 2.05) is 13.0 Å². The molecule has 0 fully saturated rings. The summed E-state index contributed by atoms with van der Waals surface area (Å²) in [5.41, 5.74) is 1.83. The van der Waals surface area contributed by atoms with Gasteiger partial charge in [0, 0.05) is 17.3 Å². The number of rotatable bonds is 7. The Morgan fingerprint density at radius 2 is 2.00 bits per heavy atom. The summed E-state index contributed by atoms with van der Waals surface area (Å²) in [5.74, 6) is -0.334. The van der Waals surface area contributed by atoms with Crippen LogP contribution in [0.3, 0.4) is 0 Å². The fourth-order valence-electron chi connectivity index (χ4n) is 2.38. The second-order valence-corrected chi connectivity index (χ2v) is 6.25. The molecule has 0 bridgehead atoms. The first-order valence-electron chi connectivity index (χ1n) is 8.40. The number of para-hydroxylation sites is 1. The highest BCUT2D eigenvalue weighted by atomic mass is 35.5. The molecule has 0 aliphatic heterocycles. The number of benzene rings is 2. The number of ether oxygens (including phenoxy) is 1. The highest BCUT2D eigenvalue weighted by Gasteiger charge is 2.17. The largest absolute Gasteiger partial charge is 0.482 e. The zero-order valence-electron chi connectivity index (χ0n) is 15.2. The van der Waals surface area contributed by atoms with Crippen LogP contribution < -0.4 is 10.1 Å². The van der Waals surface area contributed by atoms with Crippen molar-refractivity contribution in [2.45, 2.75) is 13.8 Å². The van der Waals surface area contributed by atoms with Gasteiger partial charge < -0.3 is 15.0 Å². The molecular weight excluding hydrogens is 366 g/mol. The van der Waals surface area contributed by atoms with Crippen LogP contribution >= 0.6 is 11.6 Å². The highest BCUT2D eigenvalue weighted by Crippen LogP contribution is 2.20. The third-order valence-electron chi connectivity index (χ3n) is 3.90. The van der Waals surface area contributed by atoms with Gasteiger partial charge in [-0.25, -0.2) is 0 Å². The molecule has 0 radical (unpaired) electrons. The number of carbonyl (C=O) groups excluding carboxylic acids is 2. The van der Waals surface area contributed by atoms with Crippen LogP contribution in [0.4, 0.5) is 5.69 Å². The number of nitrogens with zero attached hydrogens (tertiary/aromatic N) is 2. The Morgan fingerprint density at radius 3 is 2.70 bits per heavy atom. The van der Waals surface area contributed by atoms with Crippen LogP contribution in [0.25, 0.3) is 0 Å². The smallest absolute Gasteiger partial charge is 0.260 e. The summed E-state index contributed by atoms with van der Waals surface area (Å²) in [6.45, 7) is 3.62. The zero-order valence-corrected chi connectivity index (χ0v) is 15.9. The SMILES string of the molecule is CCN(CC(=O)Nc1cc(Cl)ccc1C)C(=O)COc1ccccc1C#N. The summed E-state index contributed by atoms with van der Waals surface area (Å²) in [4.78, 5) is 26.0. The van der Waals surface area contributed by atoms with Crippen LogP contribution in [0.15, 0.2) is 42.5 Å². The van der Waals surface area contributed by atoms with E-state index >= 15 is 0 Å². The fourth-order valence-corrected chi connectivity index (χ4v) is 2.56. The number of aryl methyl sites for hydroxylation is 1. The van der Waals surface area contributed by atoms with Crippen LogP contribution in [0.2, 0.25) is 5.02 Å². The molecule has 0 unspecified atom stereocenters. The van der Waals surface area contributed by atoms with Gasteiger partial charge in [0.2, 0.25) is 5.91 Å². The normalized spacial score (nSPS) is 10.0. The Bertz CT molecular complexity index is 877. The van der Waals surface area contributed by atoms with Gasteiger partial charge in [-0.3, -0.25) is 9.59 Å². The quantitative estimate of drug-likeness (QED) is 0.791. The van der Waals surface area contributed by atoms with Gasteiger partial charge in [0.25, 0.3) is 5.91 Å². The molecule has 7 heteroatoms. The van der Waals surface area contributed by atoms with Crippen molar-refractivity contribution in [2.24, 2.45) is 0 Å². The molecule has 27 heavy (non-hydrogen) atoms. The minimum atomic E-state index is -0.344. The van der Waals surface area contributed by atoms with E-state index in [9.17, 15) is 9.59 Å². The summed E-state index contributed by atoms with van der Waals surface area (Å²) < 4.78 is 5.44. The number of likely N-dealkylation sites (N-methyl/N-ethyl adjacent to an activating group) is 1. The molecule has 2 aromatic rings. The van der Waals surface area contributed by atoms with Crippen molar-refractivity contribution in [3.05, 3.63) is 58.6 Å². The molecule has 0 aliphatic carbocycles. The molecule has 0 aromatic heterocycles. The van der Waals surface area contributed by atoms with Gasteiger partial charge >= 0.3 is 0 Å². The molecule has 0 saturated heterocycles. The van der Waals surface area contributed by atoms with Gasteiger partial charge in [0.1, 0.15) is 11.8 Å². The van der Waals surface area contributed by atoms with E-state index in [4.69, 9.17) is 21.6 Å². The first-order chi connectivity index (χ1) is 12.9. The molecule has 2 rings (SSSR count). The van der Waals surface area contributed by atoms with Crippen LogP contribution in [0.1, 0.15) is 18.1 Å². The van der Waals surface area contributed by atoms with Crippen molar-refractivity contribution in [2.75, 3.05) is 25.0 Å². The summed E-state index contributed by atoms with van der Waals surface area (Å²) in [5, 5.41) is 12.3. The van der Waals surface area contributed by atoms with Crippen molar-refractivity contribution < 1.29 is 14.3 Å². The van der Waals surface area contributed by atoms with Crippen LogP contribution in [0, 0.1) is 18.3 Å². The van der Waals surface area contributed by atoms with Crippen molar-refractivity contribution in [1.29, 1.82) is 5.26 Å². The second-order valence-electron chi connectivity index (χ2n) is 5.81. The van der Waals surface area contributed by atoms with Gasteiger partial charge in [-0.05, 0) is 43.7 Å². The Morgan fingerprint density at radius 1 is 1.26 bits per heavy atom. The summed E-state index contributed by atoms with van der Waals surface area (Å²) in [6, 6.07) is 13.9. The number of carbonyl (C=O) groups is 2. The van der Waals surface area contributed by atoms with E-state index in [0.29, 0.717) is 28.6 Å². The minimum Gasteiger partial charge on any atom is -0.482 e. The third kappa shape index (κ3) is 5.73. The van der Waals surface area contributed by atoms with E-state index in [0.717, 1.165) is 5.56 Å². The number of hydrogen-bond acceptors (Lipinski definition) is 4. The van der Waals surface area contributed by atoms with E-state index in [2.05, 4.69) is 5.32 Å². The zero-order chi connectivity index (χ0) is 19.8. The Labute approximate surface area is 163 Å². The van der Waals surface area contributed by atoms with Crippen molar-refractivity contribution >= 4 is 29.1 Å². The van der Waals surface area contributed by atoms with Crippen molar-refractivity contribution in [1.82, 2.24) is 4.90 Å². The topological polar surface area (TPSA) is 82.4 Å². The maximum absolute atomic E-state index is 12.4. The lowest BCUT2D eigenvalue weighted by Crippen LogP contribution is -2.40. The average Bonchev–Trinajstić information content (AvgIpc) is 2.67. The van der Waals surface area contributed by atoms with E-state index in [1.165, 1.54) is 4.90 Å². The summed E-state index contributed by atoms with van der Waals surface area (Å²) in [6.07, 6.45) is 0. The lowest BCUT2D eigenvalue weighted by atomic mass is 10.2. The molecule has 6 nitrogen and oxygen atoms in total. The fraction of sp³-hybridized carbons (Fsp3) is 0.250. The minimum absolute atomic E-state index is 0.107. The van der Waals surface area contributed by atoms with Gasteiger partial charge in [-0.1, -0.05) is 29.8 Å². The molecule has 0 spiro atoms. The molecule has 2 amide bonds. The highest BCUT2D eigenvalue weighted by molar-refractivity contribution is 6.31. The van der Waals surface area contributed by atoms with Crippen molar-refractivity contribution in [3.63, 3.8) is 0 Å². The number of hydrogen-bond donors (Lipinski definition) is 1. The van der Waals surface area contributed by atoms with Gasteiger partial charge in [0.05, 0.1) is 12.1 Å². The standard InChI is InChI=1S/C20H20ClN3O3/c1-3-24(12-19(25)23-17-10-16(21)9-8-14(17)2)20(26)13-27-18-7-5-4-6-15(18)11-22/h4-10H,3,12-13H2,1-2H3,(H,23,25). The number of nitriles is 1. The molecular formula is C20H20ClN3O3. The van der Waals surface area contributed by atoms with Gasteiger partial charge in [-0.15, -0.1) is 0 Å². The van der Waals surface area contributed by atoms with E-state index in [1.54, 1.807) is 49.4 Å². The molecule has 0 heterocycles. The lowest BCUT2D eigenvalue weighted by Gasteiger charge is -2.21. The first-order valence-corrected chi connectivity index (χ1v) is 8.78. The molecule has 1 N–H and O–H groups in total. The second kappa shape index (κ2) is 9.60. The first kappa shape index (κ1) is 20.3. The molecule has 0 atom stereocenters. The summed E-state index contributed by atoms with van der Waals surface area (Å²) in [7, 11) is 0. The van der Waals surface area contributed by atoms with Gasteiger partial charge in [-0.2, -0.15) is 5.26 Å². The van der Waals surface area contributed by atoms with Crippen LogP contribution in [-0.2, 0) is 9.59 Å². The van der Waals surface area contributed by atoms with Crippen molar-refractivity contribution in [3.8, 4) is 11.8 Å². The van der Waals surface area contributed by atoms with Crippen LogP contribution in [0.5, 0.6) is 5.75 Å². The lowest BCUT2D eigenvalue weighted by molar-refractivity contribution is -0.136. The average molecular weight is 386 g/mol. The number of anilines is 1. The number of halogens is 1. The Kier molecular flexibility index (Phi) is 7.21. The molecule has 140 valence electrons. The Hall–Kier alpha value is -3.04. The molecule has 0 aliphatic rings. The predicted molar refractivity (Wildman–Crippen MR) is 104 cm³/mol.